The number of piperidine rings is 1. The molecule has 3 heterocycles. The fourth-order valence-electron chi connectivity index (χ4n) is 3.64. The molecular weight excluding hydrogens is 465 g/mol. The molecule has 0 aliphatic carbocycles. The lowest BCUT2D eigenvalue weighted by Crippen LogP contribution is -2.45. The van der Waals surface area contributed by atoms with Crippen LogP contribution in [0.3, 0.4) is 0 Å². The lowest BCUT2D eigenvalue weighted by Gasteiger charge is -2.33. The minimum atomic E-state index is -1.14. The van der Waals surface area contributed by atoms with Gasteiger partial charge in [0.1, 0.15) is 41.2 Å². The van der Waals surface area contributed by atoms with Crippen molar-refractivity contribution in [2.24, 2.45) is 0 Å². The van der Waals surface area contributed by atoms with Gasteiger partial charge in [-0.1, -0.05) is 0 Å². The van der Waals surface area contributed by atoms with Gasteiger partial charge in [0.05, 0.1) is 18.1 Å². The third-order valence-corrected chi connectivity index (χ3v) is 6.62. The van der Waals surface area contributed by atoms with Crippen molar-refractivity contribution in [3.63, 3.8) is 0 Å². The van der Waals surface area contributed by atoms with E-state index in [4.69, 9.17) is 14.2 Å². The van der Waals surface area contributed by atoms with Gasteiger partial charge in [0, 0.05) is 38.1 Å². The van der Waals surface area contributed by atoms with E-state index in [1.807, 2.05) is 18.2 Å². The Labute approximate surface area is 199 Å². The fourth-order valence-corrected chi connectivity index (χ4v) is 4.59. The molecule has 34 heavy (non-hydrogen) atoms. The first-order valence-corrected chi connectivity index (χ1v) is 11.6. The van der Waals surface area contributed by atoms with E-state index in [9.17, 15) is 19.1 Å². The monoisotopic (exact) mass is 491 g/mol. The number of hydrogen-bond donors (Lipinski definition) is 1. The first kappa shape index (κ1) is 23.8. The highest BCUT2D eigenvalue weighted by Gasteiger charge is 2.30. The average Bonchev–Trinajstić information content (AvgIpc) is 3.41. The molecule has 9 nitrogen and oxygen atoms in total. The summed E-state index contributed by atoms with van der Waals surface area (Å²) >= 11 is 1.10. The molecule has 0 atom stereocenters. The number of esters is 1. The molecule has 1 fully saturated rings. The number of hydrogen-bond acceptors (Lipinski definition) is 8. The first-order valence-electron chi connectivity index (χ1n) is 10.8. The van der Waals surface area contributed by atoms with Crippen LogP contribution in [0.15, 0.2) is 30.6 Å². The van der Waals surface area contributed by atoms with Crippen LogP contribution in [0.2, 0.25) is 0 Å². The summed E-state index contributed by atoms with van der Waals surface area (Å²) < 4.78 is 30.8. The first-order chi connectivity index (χ1) is 16.2. The molecule has 4 rings (SSSR count). The van der Waals surface area contributed by atoms with E-state index in [1.165, 1.54) is 27.0 Å². The fraction of sp³-hybridized carbons (Fsp3) is 0.435. The normalized spacial score (nSPS) is 14.9. The van der Waals surface area contributed by atoms with Crippen molar-refractivity contribution in [3.8, 4) is 16.5 Å². The lowest BCUT2D eigenvalue weighted by atomic mass is 10.1. The van der Waals surface area contributed by atoms with E-state index >= 15 is 0 Å². The quantitative estimate of drug-likeness (QED) is 0.513. The Kier molecular flexibility index (Phi) is 6.65. The highest BCUT2D eigenvalue weighted by Crippen LogP contribution is 2.34. The summed E-state index contributed by atoms with van der Waals surface area (Å²) in [7, 11) is 1.26. The number of rotatable bonds is 6. The molecule has 1 saturated heterocycles. The van der Waals surface area contributed by atoms with Gasteiger partial charge in [-0.05, 0) is 26.0 Å². The Balaban J connectivity index is 1.45. The second-order valence-corrected chi connectivity index (χ2v) is 9.65. The number of nitrogens with zero attached hydrogens (tertiary/aromatic N) is 3. The Hall–Kier alpha value is -3.34. The highest BCUT2D eigenvalue weighted by atomic mass is 32.1. The number of thiophene rings is 1. The average molecular weight is 492 g/mol. The zero-order valence-corrected chi connectivity index (χ0v) is 19.9. The van der Waals surface area contributed by atoms with Crippen LogP contribution in [0.1, 0.15) is 36.4 Å². The number of ether oxygens (including phenoxy) is 3. The summed E-state index contributed by atoms with van der Waals surface area (Å²) in [6, 6.07) is 7.00. The number of halogens is 1. The van der Waals surface area contributed by atoms with Crippen LogP contribution in [0, 0.1) is 0 Å². The maximum atomic E-state index is 12.9. The van der Waals surface area contributed by atoms with E-state index in [-0.39, 0.29) is 16.7 Å². The van der Waals surface area contributed by atoms with E-state index in [0.29, 0.717) is 36.7 Å². The molecule has 182 valence electrons. The second-order valence-electron chi connectivity index (χ2n) is 8.62. The molecule has 0 radical (unpaired) electrons. The number of benzene rings is 1. The zero-order valence-electron chi connectivity index (χ0n) is 19.1. The van der Waals surface area contributed by atoms with Gasteiger partial charge in [-0.3, -0.25) is 4.57 Å². The third-order valence-electron chi connectivity index (χ3n) is 5.51. The van der Waals surface area contributed by atoms with Crippen molar-refractivity contribution in [1.82, 2.24) is 14.5 Å². The Morgan fingerprint density at radius 3 is 2.68 bits per heavy atom. The molecule has 0 saturated carbocycles. The van der Waals surface area contributed by atoms with Gasteiger partial charge >= 0.3 is 12.1 Å². The molecule has 1 aromatic carbocycles. The largest absolute Gasteiger partial charge is 0.506 e. The number of likely N-dealkylation sites (tertiary alicyclic amines) is 1. The smallest absolute Gasteiger partial charge is 0.410 e. The molecule has 1 aliphatic rings. The van der Waals surface area contributed by atoms with Crippen LogP contribution in [-0.2, 0) is 9.47 Å². The van der Waals surface area contributed by atoms with Gasteiger partial charge in [0.15, 0.2) is 4.88 Å². The molecule has 0 spiro atoms. The summed E-state index contributed by atoms with van der Waals surface area (Å²) in [5, 5.41) is 10.7. The van der Waals surface area contributed by atoms with Gasteiger partial charge in [-0.15, -0.1) is 11.3 Å². The maximum Gasteiger partial charge on any atom is 0.410 e. The maximum absolute atomic E-state index is 12.9. The van der Waals surface area contributed by atoms with Crippen LogP contribution in [-0.4, -0.2) is 70.2 Å². The number of carbonyl (C=O) groups is 2. The minimum Gasteiger partial charge on any atom is -0.506 e. The van der Waals surface area contributed by atoms with Gasteiger partial charge < -0.3 is 24.2 Å². The number of fused-ring (bicyclic) bond motifs is 1. The predicted molar refractivity (Wildman–Crippen MR) is 124 cm³/mol. The molecule has 0 bridgehead atoms. The minimum absolute atomic E-state index is 0.0937. The highest BCUT2D eigenvalue weighted by molar-refractivity contribution is 7.16. The van der Waals surface area contributed by atoms with Crippen LogP contribution in [0.25, 0.3) is 16.0 Å². The van der Waals surface area contributed by atoms with Crippen LogP contribution < -0.4 is 4.74 Å². The van der Waals surface area contributed by atoms with Gasteiger partial charge in [-0.25, -0.2) is 19.0 Å². The van der Waals surface area contributed by atoms with Gasteiger partial charge in [0.2, 0.25) is 0 Å². The third kappa shape index (κ3) is 4.93. The Bertz CT molecular complexity index is 1200. The molecule has 1 amide bonds. The summed E-state index contributed by atoms with van der Waals surface area (Å²) in [5.41, 5.74) is 0.345. The summed E-state index contributed by atoms with van der Waals surface area (Å²) in [6.07, 6.45) is 2.23. The number of alkyl halides is 1. The number of aromatic hydroxyl groups is 1. The van der Waals surface area contributed by atoms with Crippen molar-refractivity contribution < 1.29 is 33.3 Å². The van der Waals surface area contributed by atoms with Gasteiger partial charge in [0.25, 0.3) is 0 Å². The van der Waals surface area contributed by atoms with Crippen molar-refractivity contribution in [2.75, 3.05) is 26.9 Å². The Morgan fingerprint density at radius 1 is 1.26 bits per heavy atom. The second kappa shape index (κ2) is 9.49. The molecule has 1 N–H and O–H groups in total. The predicted octanol–water partition coefficient (Wildman–Crippen LogP) is 4.31. The van der Waals surface area contributed by atoms with Crippen molar-refractivity contribution >= 4 is 34.4 Å². The molecule has 3 aromatic rings. The van der Waals surface area contributed by atoms with Gasteiger partial charge in [-0.2, -0.15) is 0 Å². The number of amides is 1. The van der Waals surface area contributed by atoms with E-state index in [0.717, 1.165) is 22.4 Å². The number of aromatic nitrogens is 2. The van der Waals surface area contributed by atoms with Crippen molar-refractivity contribution in [2.45, 2.75) is 38.4 Å². The topological polar surface area (TPSA) is 103 Å². The summed E-state index contributed by atoms with van der Waals surface area (Å²) in [5.74, 6) is -0.116. The molecule has 1 aliphatic heterocycles. The SMILES string of the molecule is COC(=O)c1sc(-n2cnc3ccc(OC4CCN(C(=O)OC(C)(C)CF)CC4)cc32)cc1O. The summed E-state index contributed by atoms with van der Waals surface area (Å²) in [6.45, 7) is 3.24. The van der Waals surface area contributed by atoms with E-state index in [2.05, 4.69) is 4.98 Å². The standard InChI is InChI=1S/C23H26FN3O6S/c1-23(2,12-24)33-22(30)26-8-6-14(7-9-26)32-15-4-5-16-17(10-15)27(13-25-16)19-11-18(28)20(34-19)21(29)31-3/h4-5,10-11,13-14,28H,6-9,12H2,1-3H3. The van der Waals surface area contributed by atoms with Crippen LogP contribution in [0.5, 0.6) is 11.5 Å². The van der Waals surface area contributed by atoms with Crippen LogP contribution in [0.4, 0.5) is 9.18 Å². The zero-order chi connectivity index (χ0) is 24.5. The Morgan fingerprint density at radius 2 is 2.00 bits per heavy atom. The summed E-state index contributed by atoms with van der Waals surface area (Å²) in [4.78, 5) is 30.2. The molecular formula is C23H26FN3O6S. The lowest BCUT2D eigenvalue weighted by molar-refractivity contribution is -0.00920. The molecule has 0 unspecified atom stereocenters. The van der Waals surface area contributed by atoms with E-state index in [1.54, 1.807) is 15.8 Å². The number of imidazole rings is 1. The van der Waals surface area contributed by atoms with Crippen molar-refractivity contribution in [3.05, 3.63) is 35.5 Å². The molecule has 11 heteroatoms. The molecule has 2 aromatic heterocycles. The number of carbonyl (C=O) groups excluding carboxylic acids is 2. The number of methoxy groups -OCH3 is 1. The van der Waals surface area contributed by atoms with Crippen molar-refractivity contribution in [1.29, 1.82) is 0 Å². The van der Waals surface area contributed by atoms with Crippen LogP contribution >= 0.6 is 11.3 Å². The van der Waals surface area contributed by atoms with E-state index < -0.39 is 24.3 Å².